The van der Waals surface area contributed by atoms with E-state index in [2.05, 4.69) is 0 Å². The predicted molar refractivity (Wildman–Crippen MR) is 68.4 cm³/mol. The molecule has 0 spiro atoms. The molecule has 0 heterocycles. The smallest absolute Gasteiger partial charge is 0.263 e. The van der Waals surface area contributed by atoms with Crippen molar-refractivity contribution in [2.24, 2.45) is 0 Å². The Hall–Kier alpha value is -2.01. The van der Waals surface area contributed by atoms with Crippen molar-refractivity contribution in [3.05, 3.63) is 65.0 Å². The van der Waals surface area contributed by atoms with Crippen molar-refractivity contribution in [1.29, 1.82) is 0 Å². The molecule has 1 atom stereocenters. The second-order valence-electron chi connectivity index (χ2n) is 4.26. The third kappa shape index (κ3) is 2.93. The Balaban J connectivity index is 2.43. The topological polar surface area (TPSA) is 29.5 Å². The summed E-state index contributed by atoms with van der Waals surface area (Å²) in [6, 6.07) is 9.09. The maximum Gasteiger partial charge on any atom is 0.263 e. The van der Waals surface area contributed by atoms with Gasteiger partial charge in [-0.25, -0.2) is 13.2 Å². The van der Waals surface area contributed by atoms with E-state index in [1.807, 2.05) is 0 Å². The Morgan fingerprint density at radius 3 is 2.40 bits per heavy atom. The highest BCUT2D eigenvalue weighted by Gasteiger charge is 2.18. The van der Waals surface area contributed by atoms with Gasteiger partial charge in [-0.15, -0.1) is 0 Å². The standard InChI is InChI=1S/C15H13F3O2/c1-20-13-6-5-11(16)8-12(13)14(19)9-3-2-4-10(7-9)15(17)18/h2-8,14-15,19H,1H3. The number of hydrogen-bond acceptors (Lipinski definition) is 2. The molecule has 0 saturated carbocycles. The zero-order chi connectivity index (χ0) is 14.7. The molecular weight excluding hydrogens is 269 g/mol. The maximum absolute atomic E-state index is 13.3. The molecule has 2 aromatic carbocycles. The van der Waals surface area contributed by atoms with E-state index in [9.17, 15) is 18.3 Å². The highest BCUT2D eigenvalue weighted by molar-refractivity contribution is 5.41. The lowest BCUT2D eigenvalue weighted by molar-refractivity contribution is 0.150. The predicted octanol–water partition coefficient (Wildman–Crippen LogP) is 3.85. The van der Waals surface area contributed by atoms with Gasteiger partial charge in [0.05, 0.1) is 7.11 Å². The van der Waals surface area contributed by atoms with Crippen molar-refractivity contribution in [2.45, 2.75) is 12.5 Å². The quantitative estimate of drug-likeness (QED) is 0.922. The molecule has 0 radical (unpaired) electrons. The van der Waals surface area contributed by atoms with Gasteiger partial charge in [-0.05, 0) is 29.8 Å². The molecule has 5 heteroatoms. The summed E-state index contributed by atoms with van der Waals surface area (Å²) in [6.45, 7) is 0. The number of halogens is 3. The Morgan fingerprint density at radius 1 is 1.05 bits per heavy atom. The third-order valence-corrected chi connectivity index (χ3v) is 2.96. The molecule has 106 valence electrons. The number of rotatable bonds is 4. The summed E-state index contributed by atoms with van der Waals surface area (Å²) in [5.74, 6) is -0.244. The fourth-order valence-electron chi connectivity index (χ4n) is 1.96. The van der Waals surface area contributed by atoms with E-state index < -0.39 is 18.3 Å². The molecule has 2 aromatic rings. The average Bonchev–Trinajstić information content (AvgIpc) is 2.46. The minimum absolute atomic E-state index is 0.193. The highest BCUT2D eigenvalue weighted by atomic mass is 19.3. The van der Waals surface area contributed by atoms with Crippen molar-refractivity contribution in [3.63, 3.8) is 0 Å². The maximum atomic E-state index is 13.3. The summed E-state index contributed by atoms with van der Waals surface area (Å²) in [4.78, 5) is 0. The Labute approximate surface area is 114 Å². The molecule has 0 saturated heterocycles. The fraction of sp³-hybridized carbons (Fsp3) is 0.200. The van der Waals surface area contributed by atoms with Crippen LogP contribution in [0.4, 0.5) is 13.2 Å². The van der Waals surface area contributed by atoms with Crippen LogP contribution in [0.15, 0.2) is 42.5 Å². The lowest BCUT2D eigenvalue weighted by Gasteiger charge is -2.16. The Kier molecular flexibility index (Phi) is 4.29. The van der Waals surface area contributed by atoms with Crippen LogP contribution in [0.1, 0.15) is 29.2 Å². The van der Waals surface area contributed by atoms with E-state index in [0.717, 1.165) is 6.07 Å². The molecule has 20 heavy (non-hydrogen) atoms. The van der Waals surface area contributed by atoms with Crippen molar-refractivity contribution >= 4 is 0 Å². The van der Waals surface area contributed by atoms with Crippen LogP contribution in [-0.2, 0) is 0 Å². The molecule has 0 aliphatic carbocycles. The summed E-state index contributed by atoms with van der Waals surface area (Å²) in [6.07, 6.45) is -3.86. The van der Waals surface area contributed by atoms with Crippen LogP contribution in [0.2, 0.25) is 0 Å². The van der Waals surface area contributed by atoms with Gasteiger partial charge in [0.15, 0.2) is 0 Å². The van der Waals surface area contributed by atoms with Gasteiger partial charge < -0.3 is 9.84 Å². The van der Waals surface area contributed by atoms with Crippen molar-refractivity contribution < 1.29 is 23.0 Å². The Bertz CT molecular complexity index is 599. The van der Waals surface area contributed by atoms with Gasteiger partial charge in [-0.2, -0.15) is 0 Å². The molecule has 0 aliphatic heterocycles. The minimum atomic E-state index is -2.63. The average molecular weight is 282 g/mol. The summed E-state index contributed by atoms with van der Waals surface area (Å²) < 4.78 is 43.6. The van der Waals surface area contributed by atoms with Crippen molar-refractivity contribution in [2.75, 3.05) is 7.11 Å². The number of ether oxygens (including phenoxy) is 1. The first-order valence-electron chi connectivity index (χ1n) is 5.92. The van der Waals surface area contributed by atoms with Gasteiger partial charge in [-0.3, -0.25) is 0 Å². The largest absolute Gasteiger partial charge is 0.496 e. The SMILES string of the molecule is COc1ccc(F)cc1C(O)c1cccc(C(F)F)c1. The minimum Gasteiger partial charge on any atom is -0.496 e. The number of hydrogen-bond donors (Lipinski definition) is 1. The molecule has 1 unspecified atom stereocenters. The molecule has 2 nitrogen and oxygen atoms in total. The van der Waals surface area contributed by atoms with E-state index in [0.29, 0.717) is 5.75 Å². The van der Waals surface area contributed by atoms with Crippen LogP contribution in [0, 0.1) is 5.82 Å². The third-order valence-electron chi connectivity index (χ3n) is 2.96. The first-order valence-corrected chi connectivity index (χ1v) is 5.92. The molecule has 2 rings (SSSR count). The van der Waals surface area contributed by atoms with Gasteiger partial charge in [-0.1, -0.05) is 18.2 Å². The van der Waals surface area contributed by atoms with Crippen LogP contribution < -0.4 is 4.74 Å². The molecule has 0 bridgehead atoms. The first kappa shape index (κ1) is 14.4. The second-order valence-corrected chi connectivity index (χ2v) is 4.26. The van der Waals surface area contributed by atoms with Crippen LogP contribution >= 0.6 is 0 Å². The number of methoxy groups -OCH3 is 1. The molecule has 0 aliphatic rings. The van der Waals surface area contributed by atoms with Gasteiger partial charge in [0.2, 0.25) is 0 Å². The Morgan fingerprint density at radius 2 is 1.75 bits per heavy atom. The fourth-order valence-corrected chi connectivity index (χ4v) is 1.96. The highest BCUT2D eigenvalue weighted by Crippen LogP contribution is 2.32. The number of benzene rings is 2. The molecular formula is C15H13F3O2. The van der Waals surface area contributed by atoms with E-state index in [1.165, 1.54) is 43.5 Å². The summed E-state index contributed by atoms with van der Waals surface area (Å²) in [7, 11) is 1.39. The van der Waals surface area contributed by atoms with Crippen molar-refractivity contribution in [3.8, 4) is 5.75 Å². The summed E-state index contributed by atoms with van der Waals surface area (Å²) >= 11 is 0. The van der Waals surface area contributed by atoms with Crippen LogP contribution in [0.5, 0.6) is 5.75 Å². The molecule has 0 aromatic heterocycles. The monoisotopic (exact) mass is 282 g/mol. The molecule has 0 amide bonds. The van der Waals surface area contributed by atoms with Crippen LogP contribution in [0.3, 0.4) is 0 Å². The lowest BCUT2D eigenvalue weighted by atomic mass is 9.99. The van der Waals surface area contributed by atoms with Gasteiger partial charge in [0.1, 0.15) is 17.7 Å². The lowest BCUT2D eigenvalue weighted by Crippen LogP contribution is -2.04. The van der Waals surface area contributed by atoms with Crippen LogP contribution in [-0.4, -0.2) is 12.2 Å². The van der Waals surface area contributed by atoms with E-state index >= 15 is 0 Å². The van der Waals surface area contributed by atoms with Crippen LogP contribution in [0.25, 0.3) is 0 Å². The zero-order valence-electron chi connectivity index (χ0n) is 10.7. The molecule has 1 N–H and O–H groups in total. The first-order chi connectivity index (χ1) is 9.52. The number of alkyl halides is 2. The zero-order valence-corrected chi connectivity index (χ0v) is 10.7. The number of aliphatic hydroxyl groups excluding tert-OH is 1. The summed E-state index contributed by atoms with van der Waals surface area (Å²) in [5, 5.41) is 10.2. The normalized spacial score (nSPS) is 12.5. The van der Waals surface area contributed by atoms with E-state index in [4.69, 9.17) is 4.74 Å². The van der Waals surface area contributed by atoms with E-state index in [-0.39, 0.29) is 16.7 Å². The van der Waals surface area contributed by atoms with Gasteiger partial charge >= 0.3 is 0 Å². The molecule has 0 fully saturated rings. The van der Waals surface area contributed by atoms with Crippen molar-refractivity contribution in [1.82, 2.24) is 0 Å². The van der Waals surface area contributed by atoms with Gasteiger partial charge in [0, 0.05) is 11.1 Å². The second kappa shape index (κ2) is 5.96. The van der Waals surface area contributed by atoms with E-state index in [1.54, 1.807) is 0 Å². The number of aliphatic hydroxyl groups is 1. The summed E-state index contributed by atoms with van der Waals surface area (Å²) in [5.41, 5.74) is 0.252. The van der Waals surface area contributed by atoms with Gasteiger partial charge in [0.25, 0.3) is 6.43 Å².